The van der Waals surface area contributed by atoms with E-state index >= 15 is 0 Å². The van der Waals surface area contributed by atoms with Crippen molar-refractivity contribution in [2.75, 3.05) is 5.32 Å². The molecule has 1 amide bonds. The van der Waals surface area contributed by atoms with Gasteiger partial charge in [-0.2, -0.15) is 5.10 Å². The van der Waals surface area contributed by atoms with E-state index in [1.165, 1.54) is 11.3 Å². The van der Waals surface area contributed by atoms with Gasteiger partial charge in [-0.3, -0.25) is 4.79 Å². The second-order valence-electron chi connectivity index (χ2n) is 4.61. The second-order valence-corrected chi connectivity index (χ2v) is 5.49. The summed E-state index contributed by atoms with van der Waals surface area (Å²) in [5.41, 5.74) is 5.00. The van der Waals surface area contributed by atoms with Crippen molar-refractivity contribution in [3.63, 3.8) is 0 Å². The average Bonchev–Trinajstić information content (AvgIpc) is 3.14. The molecule has 0 aliphatic carbocycles. The molecular weight excluding hydrogens is 284 g/mol. The Morgan fingerprint density at radius 1 is 1.19 bits per heavy atom. The maximum Gasteiger partial charge on any atom is 0.255 e. The van der Waals surface area contributed by atoms with Gasteiger partial charge in [-0.15, -0.1) is 11.3 Å². The van der Waals surface area contributed by atoms with Gasteiger partial charge in [0.25, 0.3) is 5.91 Å². The molecule has 0 radical (unpaired) electrons. The fourth-order valence-corrected chi connectivity index (χ4v) is 2.92. The van der Waals surface area contributed by atoms with Gasteiger partial charge in [0.2, 0.25) is 0 Å². The largest absolute Gasteiger partial charge is 0.322 e. The van der Waals surface area contributed by atoms with Crippen LogP contribution in [-0.2, 0) is 0 Å². The molecule has 0 aliphatic heterocycles. The third-order valence-electron chi connectivity index (χ3n) is 3.25. The molecule has 1 aromatic carbocycles. The summed E-state index contributed by atoms with van der Waals surface area (Å²) in [6.07, 6.45) is 3.54. The van der Waals surface area contributed by atoms with Crippen molar-refractivity contribution < 1.29 is 4.79 Å². The Kier molecular flexibility index (Phi) is 2.68. The number of fused-ring (bicyclic) bond motifs is 2. The molecule has 3 aromatic heterocycles. The number of nitrogens with zero attached hydrogens (tertiary/aromatic N) is 3. The summed E-state index contributed by atoms with van der Waals surface area (Å²) >= 11 is 1.53. The van der Waals surface area contributed by atoms with Gasteiger partial charge < -0.3 is 5.32 Å². The molecule has 3 heterocycles. The number of pyridine rings is 1. The van der Waals surface area contributed by atoms with Crippen molar-refractivity contribution >= 4 is 38.7 Å². The highest BCUT2D eigenvalue weighted by Gasteiger charge is 2.08. The third kappa shape index (κ3) is 2.15. The third-order valence-corrected chi connectivity index (χ3v) is 4.04. The van der Waals surface area contributed by atoms with Crippen LogP contribution in [0.5, 0.6) is 0 Å². The minimum absolute atomic E-state index is 0.130. The molecule has 0 atom stereocenters. The predicted octanol–water partition coefficient (Wildman–Crippen LogP) is 3.20. The molecule has 102 valence electrons. The molecule has 6 heteroatoms. The van der Waals surface area contributed by atoms with Crippen molar-refractivity contribution in [3.8, 4) is 0 Å². The van der Waals surface area contributed by atoms with Gasteiger partial charge in [0.1, 0.15) is 0 Å². The zero-order valence-corrected chi connectivity index (χ0v) is 11.7. The molecule has 5 nitrogen and oxygen atoms in total. The van der Waals surface area contributed by atoms with E-state index in [1.54, 1.807) is 22.3 Å². The summed E-state index contributed by atoms with van der Waals surface area (Å²) in [5.74, 6) is -0.130. The molecule has 4 aromatic rings. The van der Waals surface area contributed by atoms with Gasteiger partial charge in [-0.05, 0) is 36.4 Å². The molecular formula is C15H10N4OS. The first-order valence-corrected chi connectivity index (χ1v) is 7.25. The van der Waals surface area contributed by atoms with Crippen molar-refractivity contribution in [2.24, 2.45) is 0 Å². The maximum absolute atomic E-state index is 12.3. The predicted molar refractivity (Wildman–Crippen MR) is 82.8 cm³/mol. The lowest BCUT2D eigenvalue weighted by molar-refractivity contribution is 0.102. The van der Waals surface area contributed by atoms with Gasteiger partial charge >= 0.3 is 0 Å². The van der Waals surface area contributed by atoms with Crippen LogP contribution in [0.1, 0.15) is 10.4 Å². The number of hydrogen-bond acceptors (Lipinski definition) is 4. The molecule has 0 saturated heterocycles. The van der Waals surface area contributed by atoms with E-state index in [2.05, 4.69) is 15.4 Å². The van der Waals surface area contributed by atoms with Gasteiger partial charge in [0.05, 0.1) is 21.2 Å². The fourth-order valence-electron chi connectivity index (χ4n) is 2.20. The number of aromatic nitrogens is 3. The highest BCUT2D eigenvalue weighted by atomic mass is 32.1. The quantitative estimate of drug-likeness (QED) is 0.617. The van der Waals surface area contributed by atoms with Crippen LogP contribution in [0.4, 0.5) is 5.69 Å². The first kappa shape index (κ1) is 12.0. The highest BCUT2D eigenvalue weighted by Crippen LogP contribution is 2.20. The van der Waals surface area contributed by atoms with Crippen LogP contribution in [0, 0.1) is 0 Å². The van der Waals surface area contributed by atoms with Crippen molar-refractivity contribution in [1.29, 1.82) is 0 Å². The Morgan fingerprint density at radius 3 is 3.10 bits per heavy atom. The Labute approximate surface area is 123 Å². The first-order chi connectivity index (χ1) is 10.3. The number of rotatable bonds is 2. The molecule has 21 heavy (non-hydrogen) atoms. The van der Waals surface area contributed by atoms with Crippen molar-refractivity contribution in [3.05, 3.63) is 59.9 Å². The smallest absolute Gasteiger partial charge is 0.255 e. The monoisotopic (exact) mass is 294 g/mol. The fraction of sp³-hybridized carbons (Fsp3) is 0. The van der Waals surface area contributed by atoms with E-state index in [9.17, 15) is 4.79 Å². The van der Waals surface area contributed by atoms with Gasteiger partial charge in [0, 0.05) is 23.6 Å². The number of thiazole rings is 1. The minimum atomic E-state index is -0.130. The number of anilines is 1. The van der Waals surface area contributed by atoms with Crippen molar-refractivity contribution in [2.45, 2.75) is 0 Å². The molecule has 4 rings (SSSR count). The Hall–Kier alpha value is -2.73. The maximum atomic E-state index is 12.3. The Bertz CT molecular complexity index is 956. The summed E-state index contributed by atoms with van der Waals surface area (Å²) in [7, 11) is 0. The van der Waals surface area contributed by atoms with Crippen LogP contribution in [0.3, 0.4) is 0 Å². The Morgan fingerprint density at radius 2 is 2.14 bits per heavy atom. The summed E-state index contributed by atoms with van der Waals surface area (Å²) < 4.78 is 2.76. The lowest BCUT2D eigenvalue weighted by Gasteiger charge is -2.05. The van der Waals surface area contributed by atoms with Crippen LogP contribution >= 0.6 is 11.3 Å². The van der Waals surface area contributed by atoms with Crippen molar-refractivity contribution in [1.82, 2.24) is 14.6 Å². The molecule has 0 spiro atoms. The summed E-state index contributed by atoms with van der Waals surface area (Å²) in [5, 5.41) is 7.02. The van der Waals surface area contributed by atoms with Crippen LogP contribution in [0.15, 0.2) is 54.3 Å². The van der Waals surface area contributed by atoms with E-state index in [0.717, 1.165) is 21.4 Å². The number of carbonyl (C=O) groups excluding carboxylic acids is 1. The van der Waals surface area contributed by atoms with Gasteiger partial charge in [0.15, 0.2) is 0 Å². The van der Waals surface area contributed by atoms with E-state index in [0.29, 0.717) is 5.56 Å². The number of carbonyl (C=O) groups is 1. The van der Waals surface area contributed by atoms with Crippen LogP contribution in [0.25, 0.3) is 15.7 Å². The average molecular weight is 294 g/mol. The molecule has 0 bridgehead atoms. The summed E-state index contributed by atoms with van der Waals surface area (Å²) in [4.78, 5) is 16.5. The van der Waals surface area contributed by atoms with E-state index < -0.39 is 0 Å². The number of hydrogen-bond donors (Lipinski definition) is 1. The normalized spacial score (nSPS) is 11.0. The van der Waals surface area contributed by atoms with E-state index in [4.69, 9.17) is 0 Å². The minimum Gasteiger partial charge on any atom is -0.322 e. The first-order valence-electron chi connectivity index (χ1n) is 6.38. The van der Waals surface area contributed by atoms with E-state index in [-0.39, 0.29) is 5.91 Å². The molecule has 0 unspecified atom stereocenters. The lowest BCUT2D eigenvalue weighted by Crippen LogP contribution is -2.11. The Balaban J connectivity index is 1.64. The molecule has 0 saturated carbocycles. The number of nitrogens with one attached hydrogen (secondary N) is 1. The molecule has 1 N–H and O–H groups in total. The summed E-state index contributed by atoms with van der Waals surface area (Å²) in [6, 6.07) is 11.1. The lowest BCUT2D eigenvalue weighted by atomic mass is 10.2. The van der Waals surface area contributed by atoms with Crippen LogP contribution in [-0.4, -0.2) is 20.5 Å². The zero-order chi connectivity index (χ0) is 14.2. The SMILES string of the molecule is O=C(Nc1ccn2nccc2c1)c1ccc2ncsc2c1. The molecule has 0 aliphatic rings. The highest BCUT2D eigenvalue weighted by molar-refractivity contribution is 7.16. The molecule has 0 fully saturated rings. The number of benzene rings is 1. The van der Waals surface area contributed by atoms with E-state index in [1.807, 2.05) is 36.5 Å². The zero-order valence-electron chi connectivity index (χ0n) is 10.9. The standard InChI is InChI=1S/C15H10N4OS/c20-15(10-1-2-13-14(7-10)21-9-16-13)18-11-4-6-19-12(8-11)3-5-17-19/h1-9H,(H,18,20). The van der Waals surface area contributed by atoms with Gasteiger partial charge in [-0.1, -0.05) is 0 Å². The van der Waals surface area contributed by atoms with Crippen LogP contribution < -0.4 is 5.32 Å². The summed E-state index contributed by atoms with van der Waals surface area (Å²) in [6.45, 7) is 0. The topological polar surface area (TPSA) is 59.3 Å². The number of amides is 1. The second kappa shape index (κ2) is 4.68. The van der Waals surface area contributed by atoms with Gasteiger partial charge in [-0.25, -0.2) is 9.50 Å². The van der Waals surface area contributed by atoms with Crippen LogP contribution in [0.2, 0.25) is 0 Å².